The molecule has 0 saturated heterocycles. The van der Waals surface area contributed by atoms with Crippen LogP contribution in [0.4, 0.5) is 0 Å². The predicted molar refractivity (Wildman–Crippen MR) is 99.3 cm³/mol. The lowest BCUT2D eigenvalue weighted by Crippen LogP contribution is -2.59. The van der Waals surface area contributed by atoms with Gasteiger partial charge in [-0.1, -0.05) is 43.5 Å². The molecule has 2 amide bonds. The van der Waals surface area contributed by atoms with Crippen LogP contribution in [0.15, 0.2) is 43.0 Å². The van der Waals surface area contributed by atoms with Crippen molar-refractivity contribution in [3.63, 3.8) is 0 Å². The van der Waals surface area contributed by atoms with Crippen molar-refractivity contribution in [2.24, 2.45) is 0 Å². The third-order valence-electron chi connectivity index (χ3n) is 4.93. The number of imidazole rings is 1. The van der Waals surface area contributed by atoms with Crippen LogP contribution in [0.5, 0.6) is 0 Å². The van der Waals surface area contributed by atoms with Crippen LogP contribution in [0.2, 0.25) is 0 Å². The van der Waals surface area contributed by atoms with Crippen molar-refractivity contribution in [3.8, 4) is 0 Å². The Balaban J connectivity index is 1.63. The summed E-state index contributed by atoms with van der Waals surface area (Å²) < 4.78 is 2.01. The SMILES string of the molecule is CC(=O)NC1(C(=O)NCc2cccc(Cn3ccnc3)c2)CCCCC1. The molecule has 138 valence electrons. The van der Waals surface area contributed by atoms with E-state index in [0.717, 1.165) is 36.9 Å². The molecule has 1 aromatic heterocycles. The lowest BCUT2D eigenvalue weighted by molar-refractivity contribution is -0.134. The molecule has 2 aromatic rings. The van der Waals surface area contributed by atoms with Crippen LogP contribution >= 0.6 is 0 Å². The molecule has 0 aliphatic heterocycles. The second kappa shape index (κ2) is 8.17. The van der Waals surface area contributed by atoms with E-state index in [2.05, 4.69) is 27.8 Å². The van der Waals surface area contributed by atoms with E-state index in [0.29, 0.717) is 19.4 Å². The Morgan fingerprint density at radius 1 is 1.19 bits per heavy atom. The van der Waals surface area contributed by atoms with Gasteiger partial charge in [-0.2, -0.15) is 0 Å². The van der Waals surface area contributed by atoms with Gasteiger partial charge in [0, 0.05) is 32.4 Å². The quantitative estimate of drug-likeness (QED) is 0.836. The zero-order valence-electron chi connectivity index (χ0n) is 15.2. The summed E-state index contributed by atoms with van der Waals surface area (Å²) in [7, 11) is 0. The average molecular weight is 354 g/mol. The maximum atomic E-state index is 12.8. The molecule has 1 aliphatic rings. The molecule has 3 rings (SSSR count). The molecular formula is C20H26N4O2. The number of rotatable bonds is 6. The molecule has 0 spiro atoms. The molecule has 1 fully saturated rings. The van der Waals surface area contributed by atoms with Crippen LogP contribution in [0, 0.1) is 0 Å². The van der Waals surface area contributed by atoms with Crippen molar-refractivity contribution < 1.29 is 9.59 Å². The molecule has 26 heavy (non-hydrogen) atoms. The summed E-state index contributed by atoms with van der Waals surface area (Å²) in [6.07, 6.45) is 9.93. The first-order chi connectivity index (χ1) is 12.6. The lowest BCUT2D eigenvalue weighted by atomic mass is 9.80. The highest BCUT2D eigenvalue weighted by atomic mass is 16.2. The van der Waals surface area contributed by atoms with E-state index in [1.807, 2.05) is 22.9 Å². The number of carbonyl (C=O) groups is 2. The van der Waals surface area contributed by atoms with E-state index < -0.39 is 5.54 Å². The largest absolute Gasteiger partial charge is 0.350 e. The summed E-state index contributed by atoms with van der Waals surface area (Å²) in [5.41, 5.74) is 1.45. The molecular weight excluding hydrogens is 328 g/mol. The molecule has 2 N–H and O–H groups in total. The Kier molecular flexibility index (Phi) is 5.71. The Hall–Kier alpha value is -2.63. The average Bonchev–Trinajstić information content (AvgIpc) is 3.13. The molecule has 0 atom stereocenters. The number of carbonyl (C=O) groups excluding carboxylic acids is 2. The minimum absolute atomic E-state index is 0.0765. The summed E-state index contributed by atoms with van der Waals surface area (Å²) in [4.78, 5) is 28.5. The summed E-state index contributed by atoms with van der Waals surface area (Å²) >= 11 is 0. The second-order valence-corrected chi connectivity index (χ2v) is 7.06. The van der Waals surface area contributed by atoms with E-state index in [1.54, 1.807) is 12.5 Å². The lowest BCUT2D eigenvalue weighted by Gasteiger charge is -2.36. The first-order valence-corrected chi connectivity index (χ1v) is 9.18. The summed E-state index contributed by atoms with van der Waals surface area (Å²) in [5.74, 6) is -0.225. The van der Waals surface area contributed by atoms with Crippen LogP contribution in [0.3, 0.4) is 0 Å². The van der Waals surface area contributed by atoms with E-state index in [4.69, 9.17) is 0 Å². The van der Waals surface area contributed by atoms with E-state index in [9.17, 15) is 9.59 Å². The minimum Gasteiger partial charge on any atom is -0.350 e. The third kappa shape index (κ3) is 4.50. The number of hydrogen-bond acceptors (Lipinski definition) is 3. The molecule has 0 radical (unpaired) electrons. The summed E-state index contributed by atoms with van der Waals surface area (Å²) in [5, 5.41) is 5.94. The van der Waals surface area contributed by atoms with Gasteiger partial charge in [-0.05, 0) is 24.0 Å². The molecule has 1 aliphatic carbocycles. The van der Waals surface area contributed by atoms with Crippen molar-refractivity contribution in [2.45, 2.75) is 57.7 Å². The van der Waals surface area contributed by atoms with Crippen molar-refractivity contribution in [1.29, 1.82) is 0 Å². The normalized spacial score (nSPS) is 16.0. The maximum Gasteiger partial charge on any atom is 0.246 e. The number of amides is 2. The van der Waals surface area contributed by atoms with Crippen molar-refractivity contribution in [3.05, 3.63) is 54.1 Å². The Morgan fingerprint density at radius 2 is 1.96 bits per heavy atom. The maximum absolute atomic E-state index is 12.8. The highest BCUT2D eigenvalue weighted by Gasteiger charge is 2.39. The minimum atomic E-state index is -0.751. The molecule has 1 heterocycles. The smallest absolute Gasteiger partial charge is 0.246 e. The Morgan fingerprint density at radius 3 is 2.65 bits per heavy atom. The molecule has 6 nitrogen and oxygen atoms in total. The fourth-order valence-corrected chi connectivity index (χ4v) is 3.68. The molecule has 1 saturated carbocycles. The van der Waals surface area contributed by atoms with Crippen LogP contribution in [-0.2, 0) is 22.7 Å². The Labute approximate surface area is 154 Å². The molecule has 0 unspecified atom stereocenters. The molecule has 0 bridgehead atoms. The van der Waals surface area contributed by atoms with Gasteiger partial charge in [0.05, 0.1) is 6.33 Å². The van der Waals surface area contributed by atoms with Gasteiger partial charge in [0.2, 0.25) is 11.8 Å². The van der Waals surface area contributed by atoms with Gasteiger partial charge in [0.25, 0.3) is 0 Å². The first kappa shape index (κ1) is 18.2. The standard InChI is InChI=1S/C20H26N4O2/c1-16(25)23-20(8-3-2-4-9-20)19(26)22-13-17-6-5-7-18(12-17)14-24-11-10-21-15-24/h5-7,10-12,15H,2-4,8-9,13-14H2,1H3,(H,22,26)(H,23,25). The van der Waals surface area contributed by atoms with E-state index in [-0.39, 0.29) is 11.8 Å². The predicted octanol–water partition coefficient (Wildman–Crippen LogP) is 2.39. The number of nitrogens with one attached hydrogen (secondary N) is 2. The fraction of sp³-hybridized carbons (Fsp3) is 0.450. The van der Waals surface area contributed by atoms with Crippen LogP contribution in [0.1, 0.15) is 50.2 Å². The number of nitrogens with zero attached hydrogens (tertiary/aromatic N) is 2. The fourth-order valence-electron chi connectivity index (χ4n) is 3.68. The van der Waals surface area contributed by atoms with E-state index in [1.165, 1.54) is 6.92 Å². The highest BCUT2D eigenvalue weighted by molar-refractivity contribution is 5.91. The van der Waals surface area contributed by atoms with Crippen LogP contribution in [-0.4, -0.2) is 26.9 Å². The second-order valence-electron chi connectivity index (χ2n) is 7.06. The molecule has 6 heteroatoms. The number of aromatic nitrogens is 2. The first-order valence-electron chi connectivity index (χ1n) is 9.18. The zero-order valence-corrected chi connectivity index (χ0v) is 15.2. The van der Waals surface area contributed by atoms with Crippen LogP contribution < -0.4 is 10.6 Å². The number of hydrogen-bond donors (Lipinski definition) is 2. The topological polar surface area (TPSA) is 76.0 Å². The highest BCUT2D eigenvalue weighted by Crippen LogP contribution is 2.28. The van der Waals surface area contributed by atoms with Crippen molar-refractivity contribution in [2.75, 3.05) is 0 Å². The summed E-state index contributed by atoms with van der Waals surface area (Å²) in [6, 6.07) is 8.15. The van der Waals surface area contributed by atoms with Gasteiger partial charge in [0.15, 0.2) is 0 Å². The van der Waals surface area contributed by atoms with Gasteiger partial charge < -0.3 is 15.2 Å². The van der Waals surface area contributed by atoms with Gasteiger partial charge in [-0.15, -0.1) is 0 Å². The summed E-state index contributed by atoms with van der Waals surface area (Å²) in [6.45, 7) is 2.68. The zero-order chi connectivity index (χ0) is 18.4. The number of benzene rings is 1. The van der Waals surface area contributed by atoms with E-state index >= 15 is 0 Å². The van der Waals surface area contributed by atoms with Crippen LogP contribution in [0.25, 0.3) is 0 Å². The third-order valence-corrected chi connectivity index (χ3v) is 4.93. The van der Waals surface area contributed by atoms with Gasteiger partial charge in [0.1, 0.15) is 5.54 Å². The monoisotopic (exact) mass is 354 g/mol. The van der Waals surface area contributed by atoms with Gasteiger partial charge >= 0.3 is 0 Å². The Bertz CT molecular complexity index is 749. The van der Waals surface area contributed by atoms with Crippen molar-refractivity contribution in [1.82, 2.24) is 20.2 Å². The van der Waals surface area contributed by atoms with Crippen molar-refractivity contribution >= 4 is 11.8 Å². The molecule has 1 aromatic carbocycles. The van der Waals surface area contributed by atoms with Gasteiger partial charge in [-0.3, -0.25) is 9.59 Å². The van der Waals surface area contributed by atoms with Gasteiger partial charge in [-0.25, -0.2) is 4.98 Å².